The number of anilines is 1. The molecule has 0 radical (unpaired) electrons. The zero-order chi connectivity index (χ0) is 13.9. The van der Waals surface area contributed by atoms with Crippen LogP contribution in [-0.4, -0.2) is 4.98 Å². The van der Waals surface area contributed by atoms with Gasteiger partial charge in [0, 0.05) is 15.7 Å². The molecule has 20 heavy (non-hydrogen) atoms. The van der Waals surface area contributed by atoms with Crippen molar-refractivity contribution in [3.05, 3.63) is 68.9 Å². The zero-order valence-electron chi connectivity index (χ0n) is 10.5. The largest absolute Gasteiger partial charge is 0.357 e. The molecule has 100 valence electrons. The van der Waals surface area contributed by atoms with Crippen molar-refractivity contribution in [1.29, 1.82) is 0 Å². The highest BCUT2D eigenvalue weighted by Gasteiger charge is 2.03. The Morgan fingerprint density at radius 1 is 1.10 bits per heavy atom. The molecule has 0 aliphatic rings. The number of halogens is 1. The van der Waals surface area contributed by atoms with Gasteiger partial charge in [-0.1, -0.05) is 51.5 Å². The summed E-state index contributed by atoms with van der Waals surface area (Å²) in [6.45, 7) is 0.647. The topological polar surface area (TPSA) is 42.0 Å². The quantitative estimate of drug-likeness (QED) is 0.778. The molecule has 0 atom stereocenters. The average molecular weight is 347 g/mol. The summed E-state index contributed by atoms with van der Waals surface area (Å²) in [5.41, 5.74) is 0.959. The Morgan fingerprint density at radius 3 is 2.65 bits per heavy atom. The summed E-state index contributed by atoms with van der Waals surface area (Å²) in [5.74, 6) is 0. The van der Waals surface area contributed by atoms with E-state index in [4.69, 9.17) is 0 Å². The van der Waals surface area contributed by atoms with Crippen molar-refractivity contribution >= 4 is 42.5 Å². The van der Waals surface area contributed by atoms with Crippen LogP contribution in [0.15, 0.2) is 57.8 Å². The Hall–Kier alpha value is -1.72. The maximum atomic E-state index is 11.9. The number of nitrogens with one attached hydrogen (secondary N) is 1. The van der Waals surface area contributed by atoms with Crippen LogP contribution in [0.25, 0.3) is 10.1 Å². The normalized spacial score (nSPS) is 10.7. The molecular formula is C15H11BrN2OS. The number of rotatable bonds is 3. The fourth-order valence-electron chi connectivity index (χ4n) is 1.87. The standard InChI is InChI=1S/C15H11BrN2OS/c16-11-7-5-10(6-8-11)9-17-15-18-14(19)12-3-1-2-4-13(12)20-15/h1-8H,9H2,(H,17,18,19). The van der Waals surface area contributed by atoms with Gasteiger partial charge in [0.25, 0.3) is 5.56 Å². The summed E-state index contributed by atoms with van der Waals surface area (Å²) < 4.78 is 2.00. The minimum absolute atomic E-state index is 0.183. The first kappa shape index (κ1) is 13.3. The predicted octanol–water partition coefficient (Wildman–Crippen LogP) is 4.03. The van der Waals surface area contributed by atoms with Gasteiger partial charge in [0.1, 0.15) is 0 Å². The number of hydrogen-bond donors (Lipinski definition) is 1. The second-order valence-corrected chi connectivity index (χ2v) is 6.25. The summed E-state index contributed by atoms with van der Waals surface area (Å²) in [5, 5.41) is 4.53. The van der Waals surface area contributed by atoms with Crippen molar-refractivity contribution in [2.24, 2.45) is 0 Å². The lowest BCUT2D eigenvalue weighted by atomic mass is 10.2. The van der Waals surface area contributed by atoms with Crippen LogP contribution in [0.4, 0.5) is 5.13 Å². The first-order valence-corrected chi connectivity index (χ1v) is 7.71. The van der Waals surface area contributed by atoms with E-state index in [1.54, 1.807) is 6.07 Å². The van der Waals surface area contributed by atoms with Crippen LogP contribution < -0.4 is 10.9 Å². The van der Waals surface area contributed by atoms with Gasteiger partial charge in [0.15, 0.2) is 5.13 Å². The minimum atomic E-state index is -0.183. The van der Waals surface area contributed by atoms with Crippen LogP contribution in [0.3, 0.4) is 0 Å². The van der Waals surface area contributed by atoms with Crippen molar-refractivity contribution < 1.29 is 0 Å². The van der Waals surface area contributed by atoms with E-state index < -0.39 is 0 Å². The Labute approximate surface area is 128 Å². The monoisotopic (exact) mass is 346 g/mol. The van der Waals surface area contributed by atoms with Crippen LogP contribution >= 0.6 is 27.3 Å². The lowest BCUT2D eigenvalue weighted by molar-refractivity contribution is 1.12. The van der Waals surface area contributed by atoms with Crippen LogP contribution in [-0.2, 0) is 6.54 Å². The molecule has 0 unspecified atom stereocenters. The van der Waals surface area contributed by atoms with Gasteiger partial charge >= 0.3 is 0 Å². The first-order chi connectivity index (χ1) is 9.72. The van der Waals surface area contributed by atoms with E-state index in [9.17, 15) is 4.79 Å². The summed E-state index contributed by atoms with van der Waals surface area (Å²) in [7, 11) is 0. The molecule has 5 heteroatoms. The third-order valence-corrected chi connectivity index (χ3v) is 4.42. The van der Waals surface area contributed by atoms with Gasteiger partial charge in [0.2, 0.25) is 0 Å². The molecule has 1 aromatic heterocycles. The van der Waals surface area contributed by atoms with Gasteiger partial charge in [-0.15, -0.1) is 0 Å². The molecule has 3 rings (SSSR count). The minimum Gasteiger partial charge on any atom is -0.357 e. The fraction of sp³-hybridized carbons (Fsp3) is 0.0667. The molecule has 2 aromatic carbocycles. The molecule has 0 spiro atoms. The number of fused-ring (bicyclic) bond motifs is 1. The van der Waals surface area contributed by atoms with Crippen LogP contribution in [0.2, 0.25) is 0 Å². The molecule has 0 saturated heterocycles. The van der Waals surface area contributed by atoms with Crippen molar-refractivity contribution in [3.63, 3.8) is 0 Å². The second-order valence-electron chi connectivity index (χ2n) is 4.30. The molecule has 1 N–H and O–H groups in total. The third kappa shape index (κ3) is 2.89. The van der Waals surface area contributed by atoms with Crippen molar-refractivity contribution in [1.82, 2.24) is 4.98 Å². The van der Waals surface area contributed by atoms with Crippen LogP contribution in [0, 0.1) is 0 Å². The van der Waals surface area contributed by atoms with Gasteiger partial charge in [-0.3, -0.25) is 4.79 Å². The zero-order valence-corrected chi connectivity index (χ0v) is 12.9. The summed E-state index contributed by atoms with van der Waals surface area (Å²) in [6.07, 6.45) is 0. The fourth-order valence-corrected chi connectivity index (χ4v) is 3.02. The molecule has 0 aliphatic heterocycles. The molecule has 0 fully saturated rings. The highest BCUT2D eigenvalue weighted by atomic mass is 79.9. The Bertz CT molecular complexity index is 799. The Kier molecular flexibility index (Phi) is 3.80. The Balaban J connectivity index is 1.84. The van der Waals surface area contributed by atoms with Gasteiger partial charge in [-0.05, 0) is 29.8 Å². The maximum absolute atomic E-state index is 11.9. The van der Waals surface area contributed by atoms with Crippen LogP contribution in [0.5, 0.6) is 0 Å². The summed E-state index contributed by atoms with van der Waals surface area (Å²) in [6, 6.07) is 15.6. The maximum Gasteiger partial charge on any atom is 0.281 e. The molecule has 3 nitrogen and oxygen atoms in total. The van der Waals surface area contributed by atoms with Crippen molar-refractivity contribution in [3.8, 4) is 0 Å². The van der Waals surface area contributed by atoms with E-state index in [-0.39, 0.29) is 5.56 Å². The lowest BCUT2D eigenvalue weighted by Crippen LogP contribution is -2.09. The Morgan fingerprint density at radius 2 is 1.85 bits per heavy atom. The molecular weight excluding hydrogens is 336 g/mol. The SMILES string of the molecule is O=c1nc(NCc2ccc(Br)cc2)sc2ccccc12. The van der Waals surface area contributed by atoms with Crippen molar-refractivity contribution in [2.45, 2.75) is 6.54 Å². The smallest absolute Gasteiger partial charge is 0.281 e. The van der Waals surface area contributed by atoms with Crippen LogP contribution in [0.1, 0.15) is 5.56 Å². The number of nitrogens with zero attached hydrogens (tertiary/aromatic N) is 1. The lowest BCUT2D eigenvalue weighted by Gasteiger charge is -2.05. The summed E-state index contributed by atoms with van der Waals surface area (Å²) in [4.78, 5) is 16.0. The van der Waals surface area contributed by atoms with E-state index in [0.717, 1.165) is 14.7 Å². The molecule has 0 amide bonds. The third-order valence-electron chi connectivity index (χ3n) is 2.88. The van der Waals surface area contributed by atoms with E-state index in [1.165, 1.54) is 11.3 Å². The molecule has 0 bridgehead atoms. The number of hydrogen-bond acceptors (Lipinski definition) is 4. The average Bonchev–Trinajstić information content (AvgIpc) is 2.47. The predicted molar refractivity (Wildman–Crippen MR) is 87.4 cm³/mol. The molecule has 0 saturated carbocycles. The summed E-state index contributed by atoms with van der Waals surface area (Å²) >= 11 is 4.90. The van der Waals surface area contributed by atoms with Gasteiger partial charge in [0.05, 0.1) is 5.39 Å². The van der Waals surface area contributed by atoms with Crippen molar-refractivity contribution in [2.75, 3.05) is 5.32 Å². The molecule has 3 aromatic rings. The van der Waals surface area contributed by atoms with E-state index in [0.29, 0.717) is 17.1 Å². The van der Waals surface area contributed by atoms with Gasteiger partial charge < -0.3 is 5.32 Å². The highest BCUT2D eigenvalue weighted by molar-refractivity contribution is 9.10. The number of aromatic nitrogens is 1. The molecule has 0 aliphatic carbocycles. The van der Waals surface area contributed by atoms with Gasteiger partial charge in [-0.25, -0.2) is 0 Å². The number of benzene rings is 2. The molecule has 1 heterocycles. The van der Waals surface area contributed by atoms with E-state index in [1.807, 2.05) is 42.5 Å². The highest BCUT2D eigenvalue weighted by Crippen LogP contribution is 2.21. The second kappa shape index (κ2) is 5.73. The van der Waals surface area contributed by atoms with E-state index >= 15 is 0 Å². The first-order valence-electron chi connectivity index (χ1n) is 6.10. The van der Waals surface area contributed by atoms with Gasteiger partial charge in [-0.2, -0.15) is 4.98 Å². The van der Waals surface area contributed by atoms with E-state index in [2.05, 4.69) is 26.2 Å².